The molecule has 1 fully saturated rings. The van der Waals surface area contributed by atoms with Gasteiger partial charge in [0, 0.05) is 44.5 Å². The molecule has 0 N–H and O–H groups in total. The molecule has 3 heterocycles. The lowest BCUT2D eigenvalue weighted by Gasteiger charge is -2.11. The van der Waals surface area contributed by atoms with E-state index in [2.05, 4.69) is 62.7 Å². The third-order valence-electron chi connectivity index (χ3n) is 4.50. The quantitative estimate of drug-likeness (QED) is 0.342. The van der Waals surface area contributed by atoms with Gasteiger partial charge in [-0.15, -0.1) is 0 Å². The minimum atomic E-state index is -3.03. The first-order valence-electron chi connectivity index (χ1n) is 9.59. The zero-order valence-electron chi connectivity index (χ0n) is 18.1. The van der Waals surface area contributed by atoms with Gasteiger partial charge >= 0.3 is 0 Å². The highest BCUT2D eigenvalue weighted by Gasteiger charge is 2.54. The summed E-state index contributed by atoms with van der Waals surface area (Å²) in [6, 6.07) is 9.96. The molecule has 0 amide bonds. The molecule has 3 aromatic rings. The van der Waals surface area contributed by atoms with Crippen molar-refractivity contribution in [3.8, 4) is 0 Å². The number of aromatic nitrogens is 3. The van der Waals surface area contributed by atoms with Crippen molar-refractivity contribution in [3.05, 3.63) is 85.7 Å². The van der Waals surface area contributed by atoms with Gasteiger partial charge in [-0.25, -0.2) is 21.8 Å². The lowest BCUT2D eigenvalue weighted by atomic mass is 10.2. The Labute approximate surface area is 223 Å². The maximum atomic E-state index is 12.0. The lowest BCUT2D eigenvalue weighted by molar-refractivity contribution is 0.582. The highest BCUT2D eigenvalue weighted by molar-refractivity contribution is 9.11. The van der Waals surface area contributed by atoms with Gasteiger partial charge in [0.15, 0.2) is 19.7 Å². The minimum absolute atomic E-state index is 0.000278. The van der Waals surface area contributed by atoms with Crippen LogP contribution in [0.2, 0.25) is 0 Å². The Bertz CT molecular complexity index is 1280. The maximum absolute atomic E-state index is 12.0. The second kappa shape index (κ2) is 12.1. The molecule has 13 heteroatoms. The third-order valence-corrected chi connectivity index (χ3v) is 8.76. The molecule has 0 radical (unpaired) electrons. The predicted molar refractivity (Wildman–Crippen MR) is 140 cm³/mol. The van der Waals surface area contributed by atoms with E-state index in [1.165, 1.54) is 24.8 Å². The van der Waals surface area contributed by atoms with E-state index in [1.54, 1.807) is 36.7 Å². The number of sulfone groups is 2. The van der Waals surface area contributed by atoms with Crippen LogP contribution in [0.4, 0.5) is 4.39 Å². The molecular formula is C21H21Br3FN3O4S2. The van der Waals surface area contributed by atoms with Crippen LogP contribution in [0.5, 0.6) is 0 Å². The number of rotatable bonds is 4. The maximum Gasteiger partial charge on any atom is 0.212 e. The Balaban J connectivity index is 0.000000187. The van der Waals surface area contributed by atoms with E-state index in [4.69, 9.17) is 0 Å². The molecule has 184 valence electrons. The SMILES string of the molecule is CS(=O)(=O)C1(c2ccc(Br)cn2)CC1.CS(=O)(=O)Cc1ccc(Br)cn1.Fc1ccc(Br)cn1. The summed E-state index contributed by atoms with van der Waals surface area (Å²) < 4.78 is 58.5. The first kappa shape index (κ1) is 29.0. The first-order valence-corrected chi connectivity index (χ1v) is 15.9. The number of hydrogen-bond acceptors (Lipinski definition) is 7. The Hall–Kier alpha value is -1.28. The molecule has 0 unspecified atom stereocenters. The van der Waals surface area contributed by atoms with E-state index < -0.39 is 30.4 Å². The van der Waals surface area contributed by atoms with E-state index in [1.807, 2.05) is 6.07 Å². The van der Waals surface area contributed by atoms with Crippen LogP contribution >= 0.6 is 47.8 Å². The molecule has 7 nitrogen and oxygen atoms in total. The second-order valence-corrected chi connectivity index (χ2v) is 14.7. The van der Waals surface area contributed by atoms with Crippen molar-refractivity contribution < 1.29 is 21.2 Å². The zero-order valence-corrected chi connectivity index (χ0v) is 24.5. The van der Waals surface area contributed by atoms with E-state index in [-0.39, 0.29) is 5.75 Å². The van der Waals surface area contributed by atoms with Gasteiger partial charge in [-0.1, -0.05) is 0 Å². The standard InChI is InChI=1S/C9H10BrNO2S.C7H8BrNO2S.C5H3BrFN/c1-14(12,13)9(4-5-9)8-3-2-7(10)6-11-8;1-12(10,11)5-7-3-2-6(8)4-9-7;6-4-1-2-5(7)8-3-4/h2-3,6H,4-5H2,1H3;2-4H,5H2,1H3;1-3H. The molecule has 0 bridgehead atoms. The van der Waals surface area contributed by atoms with Crippen LogP contribution in [0, 0.1) is 5.95 Å². The molecular weight excluding hydrogens is 681 g/mol. The van der Waals surface area contributed by atoms with E-state index >= 15 is 0 Å². The monoisotopic (exact) mass is 699 g/mol. The van der Waals surface area contributed by atoms with Crippen molar-refractivity contribution in [2.75, 3.05) is 12.5 Å². The van der Waals surface area contributed by atoms with Gasteiger partial charge in [0.25, 0.3) is 0 Å². The molecule has 34 heavy (non-hydrogen) atoms. The van der Waals surface area contributed by atoms with Gasteiger partial charge in [-0.2, -0.15) is 4.39 Å². The molecule has 1 aliphatic rings. The van der Waals surface area contributed by atoms with Crippen LogP contribution in [-0.2, 0) is 30.2 Å². The molecule has 0 aromatic carbocycles. The Morgan fingerprint density at radius 2 is 1.29 bits per heavy atom. The summed E-state index contributed by atoms with van der Waals surface area (Å²) in [5, 5.41) is 0. The fourth-order valence-corrected chi connectivity index (χ4v) is 5.45. The predicted octanol–water partition coefficient (Wildman–Crippen LogP) is 5.25. The highest BCUT2D eigenvalue weighted by Crippen LogP contribution is 2.51. The van der Waals surface area contributed by atoms with E-state index in [0.29, 0.717) is 24.2 Å². The van der Waals surface area contributed by atoms with Gasteiger partial charge in [0.1, 0.15) is 4.75 Å². The molecule has 1 saturated carbocycles. The van der Waals surface area contributed by atoms with Crippen LogP contribution in [-0.4, -0.2) is 44.3 Å². The lowest BCUT2D eigenvalue weighted by Crippen LogP contribution is -2.20. The summed E-state index contributed by atoms with van der Waals surface area (Å²) in [5.74, 6) is -0.450. The summed E-state index contributed by atoms with van der Waals surface area (Å²) in [6.07, 6.45) is 8.50. The van der Waals surface area contributed by atoms with Crippen molar-refractivity contribution in [2.45, 2.75) is 23.3 Å². The average molecular weight is 702 g/mol. The van der Waals surface area contributed by atoms with Gasteiger partial charge in [0.2, 0.25) is 5.95 Å². The van der Waals surface area contributed by atoms with Crippen LogP contribution in [0.1, 0.15) is 24.2 Å². The number of halogens is 4. The smallest absolute Gasteiger partial charge is 0.212 e. The van der Waals surface area contributed by atoms with E-state index in [0.717, 1.165) is 13.4 Å². The summed E-state index contributed by atoms with van der Waals surface area (Å²) in [7, 11) is -6.00. The normalized spacial score (nSPS) is 14.2. The topological polar surface area (TPSA) is 107 Å². The number of nitrogens with zero attached hydrogens (tertiary/aromatic N) is 3. The van der Waals surface area contributed by atoms with Gasteiger partial charge < -0.3 is 0 Å². The van der Waals surface area contributed by atoms with Crippen molar-refractivity contribution in [2.24, 2.45) is 0 Å². The fraction of sp³-hybridized carbons (Fsp3) is 0.286. The van der Waals surface area contributed by atoms with Crippen molar-refractivity contribution in [1.82, 2.24) is 15.0 Å². The Kier molecular flexibility index (Phi) is 10.3. The van der Waals surface area contributed by atoms with Crippen LogP contribution in [0.25, 0.3) is 0 Å². The Morgan fingerprint density at radius 3 is 1.62 bits per heavy atom. The molecule has 3 aromatic heterocycles. The number of hydrogen-bond donors (Lipinski definition) is 0. The third kappa shape index (κ3) is 9.40. The van der Waals surface area contributed by atoms with Gasteiger partial charge in [0.05, 0.1) is 17.1 Å². The fourth-order valence-electron chi connectivity index (χ4n) is 2.69. The molecule has 0 aliphatic heterocycles. The second-order valence-electron chi connectivity index (χ2n) is 7.47. The summed E-state index contributed by atoms with van der Waals surface area (Å²) >= 11 is 9.60. The van der Waals surface area contributed by atoms with Gasteiger partial charge in [-0.3, -0.25) is 9.97 Å². The summed E-state index contributed by atoms with van der Waals surface area (Å²) in [4.78, 5) is 11.5. The van der Waals surface area contributed by atoms with Crippen molar-refractivity contribution >= 4 is 67.5 Å². The van der Waals surface area contributed by atoms with Crippen LogP contribution < -0.4 is 0 Å². The highest BCUT2D eigenvalue weighted by atomic mass is 79.9. The van der Waals surface area contributed by atoms with Crippen LogP contribution in [0.3, 0.4) is 0 Å². The van der Waals surface area contributed by atoms with E-state index in [9.17, 15) is 21.2 Å². The molecule has 0 saturated heterocycles. The summed E-state index contributed by atoms with van der Waals surface area (Å²) in [6.45, 7) is 0. The van der Waals surface area contributed by atoms with Gasteiger partial charge in [-0.05, 0) is 97.0 Å². The van der Waals surface area contributed by atoms with Crippen molar-refractivity contribution in [1.29, 1.82) is 0 Å². The summed E-state index contributed by atoms with van der Waals surface area (Å²) in [5.41, 5.74) is 1.24. The largest absolute Gasteiger partial charge is 0.259 e. The number of pyridine rings is 3. The average Bonchev–Trinajstić information content (AvgIpc) is 3.55. The Morgan fingerprint density at radius 1 is 0.794 bits per heavy atom. The first-order chi connectivity index (χ1) is 15.7. The molecule has 0 spiro atoms. The minimum Gasteiger partial charge on any atom is -0.259 e. The van der Waals surface area contributed by atoms with Crippen LogP contribution in [0.15, 0.2) is 68.4 Å². The molecule has 1 aliphatic carbocycles. The molecule has 4 rings (SSSR count). The van der Waals surface area contributed by atoms with Crippen molar-refractivity contribution in [3.63, 3.8) is 0 Å². The molecule has 0 atom stereocenters. The zero-order chi connectivity index (χ0) is 25.6.